The van der Waals surface area contributed by atoms with E-state index in [1.165, 1.54) is 35.5 Å². The number of likely N-dealkylation sites (tertiary alicyclic amines) is 1. The van der Waals surface area contributed by atoms with Gasteiger partial charge < -0.3 is 15.1 Å². The van der Waals surface area contributed by atoms with Gasteiger partial charge in [-0.25, -0.2) is 4.39 Å². The highest BCUT2D eigenvalue weighted by Gasteiger charge is 2.43. The molecule has 0 spiro atoms. The molecule has 3 aliphatic heterocycles. The monoisotopic (exact) mass is 379 g/mol. The number of nitrogens with zero attached hydrogens (tertiary/aromatic N) is 2. The van der Waals surface area contributed by atoms with Crippen LogP contribution in [-0.2, 0) is 0 Å². The van der Waals surface area contributed by atoms with Crippen molar-refractivity contribution in [3.8, 4) is 0 Å². The van der Waals surface area contributed by atoms with Crippen LogP contribution in [0.4, 0.5) is 15.8 Å². The van der Waals surface area contributed by atoms with Crippen molar-refractivity contribution in [1.82, 2.24) is 4.90 Å². The van der Waals surface area contributed by atoms with Gasteiger partial charge in [0.25, 0.3) is 0 Å². The van der Waals surface area contributed by atoms with Gasteiger partial charge in [-0.15, -0.1) is 0 Å². The number of carbonyl (C=O) groups excluding carboxylic acids is 1. The van der Waals surface area contributed by atoms with Gasteiger partial charge in [-0.2, -0.15) is 0 Å². The Labute approximate surface area is 165 Å². The third kappa shape index (κ3) is 3.08. The minimum Gasteiger partial charge on any atom is -0.382 e. The standard InChI is InChI=1S/C23H26FN3O/c24-17-8-6-16(7-9-17)22(28)5-2-12-26-13-10-21-19(15-26)18-3-1-4-20-23(18)27(21)14-11-25-20/h1,3-4,6-9,19,21,25H,2,5,10-15H2/t19-,21?/m0/s1. The maximum atomic E-state index is 13.0. The van der Waals surface area contributed by atoms with Crippen molar-refractivity contribution in [3.63, 3.8) is 0 Å². The molecular weight excluding hydrogens is 353 g/mol. The van der Waals surface area contributed by atoms with Gasteiger partial charge in [0, 0.05) is 50.1 Å². The average Bonchev–Trinajstić information content (AvgIpc) is 3.04. The molecular formula is C23H26FN3O. The third-order valence-corrected chi connectivity index (χ3v) is 6.53. The Balaban J connectivity index is 1.20. The largest absolute Gasteiger partial charge is 0.382 e. The van der Waals surface area contributed by atoms with Gasteiger partial charge in [0.15, 0.2) is 5.78 Å². The van der Waals surface area contributed by atoms with Gasteiger partial charge >= 0.3 is 0 Å². The van der Waals surface area contributed by atoms with Crippen molar-refractivity contribution >= 4 is 17.2 Å². The van der Waals surface area contributed by atoms with Crippen molar-refractivity contribution in [1.29, 1.82) is 0 Å². The molecule has 1 unspecified atom stereocenters. The van der Waals surface area contributed by atoms with E-state index in [0.717, 1.165) is 39.1 Å². The first-order valence-corrected chi connectivity index (χ1v) is 10.4. The molecule has 4 nitrogen and oxygen atoms in total. The molecule has 5 rings (SSSR count). The van der Waals surface area contributed by atoms with Crippen LogP contribution in [-0.4, -0.2) is 49.4 Å². The predicted octanol–water partition coefficient (Wildman–Crippen LogP) is 3.89. The number of anilines is 2. The van der Waals surface area contributed by atoms with Crippen LogP contribution in [0.3, 0.4) is 0 Å². The molecule has 28 heavy (non-hydrogen) atoms. The number of para-hydroxylation sites is 1. The maximum absolute atomic E-state index is 13.0. The summed E-state index contributed by atoms with van der Waals surface area (Å²) in [5.74, 6) is 0.373. The summed E-state index contributed by atoms with van der Waals surface area (Å²) in [6, 6.07) is 13.2. The number of ketones is 1. The highest BCUT2D eigenvalue weighted by Crippen LogP contribution is 2.49. The zero-order valence-electron chi connectivity index (χ0n) is 16.0. The summed E-state index contributed by atoms with van der Waals surface area (Å²) < 4.78 is 13.0. The summed E-state index contributed by atoms with van der Waals surface area (Å²) in [5, 5.41) is 3.54. The van der Waals surface area contributed by atoms with Crippen molar-refractivity contribution in [2.75, 3.05) is 42.9 Å². The van der Waals surface area contributed by atoms with Crippen LogP contribution in [0, 0.1) is 5.82 Å². The molecule has 1 N–H and O–H groups in total. The fourth-order valence-electron chi connectivity index (χ4n) is 5.21. The van der Waals surface area contributed by atoms with Crippen molar-refractivity contribution in [3.05, 3.63) is 59.4 Å². The lowest BCUT2D eigenvalue weighted by Gasteiger charge is -2.40. The molecule has 2 aromatic rings. The minimum absolute atomic E-state index is 0.105. The topological polar surface area (TPSA) is 35.6 Å². The highest BCUT2D eigenvalue weighted by molar-refractivity contribution is 5.95. The Kier molecular flexibility index (Phi) is 4.55. The Morgan fingerprint density at radius 1 is 1.14 bits per heavy atom. The molecule has 2 atom stereocenters. The van der Waals surface area contributed by atoms with Gasteiger partial charge in [-0.1, -0.05) is 12.1 Å². The molecule has 1 saturated heterocycles. The average molecular weight is 379 g/mol. The second-order valence-electron chi connectivity index (χ2n) is 8.16. The molecule has 2 aromatic carbocycles. The lowest BCUT2D eigenvalue weighted by molar-refractivity contribution is 0.0971. The summed E-state index contributed by atoms with van der Waals surface area (Å²) in [6.07, 6.45) is 2.56. The fourth-order valence-corrected chi connectivity index (χ4v) is 5.21. The molecule has 3 aliphatic rings. The summed E-state index contributed by atoms with van der Waals surface area (Å²) in [5.41, 5.74) is 4.81. The Bertz CT molecular complexity index is 882. The SMILES string of the molecule is O=C(CCCN1CCC2[C@@H](C1)c1cccc3c1N2CCN3)c1ccc(F)cc1. The number of nitrogens with one attached hydrogen (secondary N) is 1. The molecule has 0 saturated carbocycles. The lowest BCUT2D eigenvalue weighted by Crippen LogP contribution is -2.48. The van der Waals surface area contributed by atoms with Crippen molar-refractivity contribution < 1.29 is 9.18 Å². The Morgan fingerprint density at radius 2 is 2.00 bits per heavy atom. The normalized spacial score (nSPS) is 23.1. The van der Waals surface area contributed by atoms with E-state index in [1.54, 1.807) is 12.1 Å². The number of rotatable bonds is 5. The number of hydrogen-bond acceptors (Lipinski definition) is 4. The van der Waals surface area contributed by atoms with E-state index >= 15 is 0 Å². The lowest BCUT2D eigenvalue weighted by atomic mass is 9.89. The van der Waals surface area contributed by atoms with Gasteiger partial charge in [-0.05, 0) is 55.3 Å². The van der Waals surface area contributed by atoms with Crippen molar-refractivity contribution in [2.24, 2.45) is 0 Å². The van der Waals surface area contributed by atoms with E-state index in [-0.39, 0.29) is 11.6 Å². The minimum atomic E-state index is -0.298. The van der Waals surface area contributed by atoms with Crippen LogP contribution < -0.4 is 10.2 Å². The van der Waals surface area contributed by atoms with Gasteiger partial charge in [0.05, 0.1) is 11.4 Å². The number of piperidine rings is 1. The first-order valence-electron chi connectivity index (χ1n) is 10.4. The molecule has 146 valence electrons. The number of halogens is 1. The molecule has 0 amide bonds. The first kappa shape index (κ1) is 17.7. The van der Waals surface area contributed by atoms with E-state index in [1.807, 2.05) is 0 Å². The van der Waals surface area contributed by atoms with Crippen LogP contribution in [0.1, 0.15) is 41.1 Å². The summed E-state index contributed by atoms with van der Waals surface area (Å²) in [6.45, 7) is 5.23. The first-order chi connectivity index (χ1) is 13.7. The van der Waals surface area contributed by atoms with Crippen LogP contribution >= 0.6 is 0 Å². The number of hydrogen-bond donors (Lipinski definition) is 1. The van der Waals surface area contributed by atoms with E-state index in [9.17, 15) is 9.18 Å². The van der Waals surface area contributed by atoms with Crippen LogP contribution in [0.25, 0.3) is 0 Å². The second-order valence-corrected chi connectivity index (χ2v) is 8.16. The van der Waals surface area contributed by atoms with Crippen LogP contribution in [0.15, 0.2) is 42.5 Å². The number of fused-ring (bicyclic) bond motifs is 3. The van der Waals surface area contributed by atoms with E-state index in [4.69, 9.17) is 0 Å². The number of benzene rings is 2. The van der Waals surface area contributed by atoms with Crippen LogP contribution in [0.2, 0.25) is 0 Å². The second kappa shape index (κ2) is 7.21. The van der Waals surface area contributed by atoms with E-state index < -0.39 is 0 Å². The zero-order chi connectivity index (χ0) is 19.1. The summed E-state index contributed by atoms with van der Waals surface area (Å²) in [7, 11) is 0. The predicted molar refractivity (Wildman–Crippen MR) is 110 cm³/mol. The summed E-state index contributed by atoms with van der Waals surface area (Å²) in [4.78, 5) is 17.5. The zero-order valence-corrected chi connectivity index (χ0v) is 16.0. The fraction of sp³-hybridized carbons (Fsp3) is 0.435. The van der Waals surface area contributed by atoms with Gasteiger partial charge in [0.1, 0.15) is 5.82 Å². The highest BCUT2D eigenvalue weighted by atomic mass is 19.1. The summed E-state index contributed by atoms with van der Waals surface area (Å²) >= 11 is 0. The Hall–Kier alpha value is -2.40. The molecule has 0 radical (unpaired) electrons. The number of carbonyl (C=O) groups is 1. The van der Waals surface area contributed by atoms with E-state index in [2.05, 4.69) is 33.3 Å². The molecule has 0 bridgehead atoms. The molecule has 0 aromatic heterocycles. The molecule has 5 heteroatoms. The number of Topliss-reactive ketones (excluding diaryl/α,β-unsaturated/α-hetero) is 1. The quantitative estimate of drug-likeness (QED) is 0.800. The molecule has 1 fully saturated rings. The Morgan fingerprint density at radius 3 is 2.86 bits per heavy atom. The third-order valence-electron chi connectivity index (χ3n) is 6.53. The maximum Gasteiger partial charge on any atom is 0.162 e. The molecule has 3 heterocycles. The van der Waals surface area contributed by atoms with Gasteiger partial charge in [-0.3, -0.25) is 4.79 Å². The van der Waals surface area contributed by atoms with Gasteiger partial charge in [0.2, 0.25) is 0 Å². The smallest absolute Gasteiger partial charge is 0.162 e. The van der Waals surface area contributed by atoms with E-state index in [0.29, 0.717) is 23.9 Å². The molecule has 0 aliphatic carbocycles. The van der Waals surface area contributed by atoms with Crippen molar-refractivity contribution in [2.45, 2.75) is 31.2 Å². The van der Waals surface area contributed by atoms with Crippen LogP contribution in [0.5, 0.6) is 0 Å².